The molecule has 1 fully saturated rings. The van der Waals surface area contributed by atoms with Crippen LogP contribution < -0.4 is 9.79 Å². The Kier molecular flexibility index (Phi) is 7.38. The van der Waals surface area contributed by atoms with Crippen molar-refractivity contribution < 1.29 is 40.0 Å². The molecule has 1 aliphatic rings. The van der Waals surface area contributed by atoms with Gasteiger partial charge in [0.05, 0.1) is 11.0 Å². The standard InChI is InChI=1S/C23H21F5N4O4S2/c1-14-17(30-22(2)11-31(12-22)9-15-6-4-3-5-7-15)8-16(24)20(19(14)25)38(34,35)32(18-10-37-13-29-18)36-21(33)23(26,27)28/h3-8,10,13,30H,9,11-12H2,1-2H3. The second-order valence-corrected chi connectivity index (χ2v) is 11.4. The predicted octanol–water partition coefficient (Wildman–Crippen LogP) is 4.63. The summed E-state index contributed by atoms with van der Waals surface area (Å²) >= 11 is 0.752. The molecule has 4 rings (SSSR count). The first kappa shape index (κ1) is 27.7. The maximum Gasteiger partial charge on any atom is 0.493 e. The Bertz CT molecular complexity index is 1430. The summed E-state index contributed by atoms with van der Waals surface area (Å²) in [7, 11) is -5.51. The first-order valence-electron chi connectivity index (χ1n) is 11.0. The van der Waals surface area contributed by atoms with E-state index in [1.165, 1.54) is 6.92 Å². The van der Waals surface area contributed by atoms with E-state index in [4.69, 9.17) is 0 Å². The molecular weight excluding hydrogens is 555 g/mol. The third-order valence-electron chi connectivity index (χ3n) is 5.73. The van der Waals surface area contributed by atoms with Crippen molar-refractivity contribution in [2.75, 3.05) is 22.9 Å². The Morgan fingerprint density at radius 3 is 2.47 bits per heavy atom. The number of carbonyl (C=O) groups is 1. The fourth-order valence-corrected chi connectivity index (χ4v) is 6.02. The number of carbonyl (C=O) groups excluding carboxylic acids is 1. The molecule has 1 saturated heterocycles. The first-order valence-corrected chi connectivity index (χ1v) is 13.4. The van der Waals surface area contributed by atoms with Crippen LogP contribution >= 0.6 is 11.3 Å². The molecule has 8 nitrogen and oxygen atoms in total. The van der Waals surface area contributed by atoms with Crippen LogP contribution in [0.1, 0.15) is 18.1 Å². The molecule has 3 aromatic rings. The van der Waals surface area contributed by atoms with E-state index < -0.39 is 54.5 Å². The average molecular weight is 577 g/mol. The lowest BCUT2D eigenvalue weighted by Gasteiger charge is -2.49. The third-order valence-corrected chi connectivity index (χ3v) is 7.89. The van der Waals surface area contributed by atoms with Gasteiger partial charge in [-0.15, -0.1) is 11.3 Å². The number of anilines is 2. The number of nitrogens with zero attached hydrogens (tertiary/aromatic N) is 3. The zero-order valence-electron chi connectivity index (χ0n) is 19.9. The van der Waals surface area contributed by atoms with Crippen molar-refractivity contribution in [2.24, 2.45) is 0 Å². The van der Waals surface area contributed by atoms with Crippen molar-refractivity contribution in [3.8, 4) is 0 Å². The Labute approximate surface area is 218 Å². The minimum absolute atomic E-state index is 0.0340. The molecular formula is C23H21F5N4O4S2. The van der Waals surface area contributed by atoms with Gasteiger partial charge in [0.15, 0.2) is 16.5 Å². The first-order chi connectivity index (χ1) is 17.7. The molecule has 0 radical (unpaired) electrons. The van der Waals surface area contributed by atoms with E-state index in [-0.39, 0.29) is 11.3 Å². The number of likely N-dealkylation sites (tertiary alicyclic amines) is 1. The SMILES string of the molecule is Cc1c(NC2(C)CN(Cc3ccccc3)C2)cc(F)c(S(=O)(=O)N(OC(=O)C(F)(F)F)c2cscn2)c1F. The summed E-state index contributed by atoms with van der Waals surface area (Å²) in [5.41, 5.74) is 1.20. The Morgan fingerprint density at radius 2 is 1.89 bits per heavy atom. The normalized spacial score (nSPS) is 15.6. The molecule has 38 heavy (non-hydrogen) atoms. The highest BCUT2D eigenvalue weighted by Gasteiger charge is 2.46. The van der Waals surface area contributed by atoms with E-state index in [1.807, 2.05) is 37.3 Å². The zero-order valence-corrected chi connectivity index (χ0v) is 21.6. The number of halogens is 5. The van der Waals surface area contributed by atoms with E-state index in [9.17, 15) is 26.4 Å². The van der Waals surface area contributed by atoms with Crippen LogP contribution in [0.2, 0.25) is 0 Å². The monoisotopic (exact) mass is 576 g/mol. The van der Waals surface area contributed by atoms with Crippen LogP contribution in [0.15, 0.2) is 52.2 Å². The molecule has 0 bridgehead atoms. The largest absolute Gasteiger partial charge is 0.493 e. The topological polar surface area (TPSA) is 91.8 Å². The maximum atomic E-state index is 15.4. The lowest BCUT2D eigenvalue weighted by molar-refractivity contribution is -0.199. The number of hydrogen-bond donors (Lipinski definition) is 1. The van der Waals surface area contributed by atoms with Crippen LogP contribution in [0.5, 0.6) is 0 Å². The second-order valence-electron chi connectivity index (χ2n) is 8.95. The van der Waals surface area contributed by atoms with Crippen LogP contribution in [0.25, 0.3) is 0 Å². The Hall–Kier alpha value is -3.30. The summed E-state index contributed by atoms with van der Waals surface area (Å²) in [5, 5.41) is 3.96. The smallest absolute Gasteiger partial charge is 0.377 e. The minimum Gasteiger partial charge on any atom is -0.377 e. The second kappa shape index (κ2) is 10.1. The molecule has 2 aromatic carbocycles. The summed E-state index contributed by atoms with van der Waals surface area (Å²) in [4.78, 5) is 19.4. The highest BCUT2D eigenvalue weighted by Crippen LogP contribution is 2.35. The number of thiazole rings is 1. The van der Waals surface area contributed by atoms with Gasteiger partial charge in [-0.05, 0) is 25.5 Å². The van der Waals surface area contributed by atoms with Gasteiger partial charge >= 0.3 is 22.2 Å². The number of hydrogen-bond acceptors (Lipinski definition) is 8. The van der Waals surface area contributed by atoms with Crippen molar-refractivity contribution in [2.45, 2.75) is 37.0 Å². The van der Waals surface area contributed by atoms with Crippen molar-refractivity contribution >= 4 is 38.8 Å². The highest BCUT2D eigenvalue weighted by molar-refractivity contribution is 7.92. The van der Waals surface area contributed by atoms with Gasteiger partial charge in [0.2, 0.25) is 0 Å². The minimum atomic E-state index is -5.59. The summed E-state index contributed by atoms with van der Waals surface area (Å²) in [5.74, 6) is -6.85. The number of aromatic nitrogens is 1. The molecule has 1 aliphatic heterocycles. The van der Waals surface area contributed by atoms with Crippen LogP contribution in [-0.4, -0.2) is 49.1 Å². The van der Waals surface area contributed by atoms with E-state index in [2.05, 4.69) is 20.0 Å². The van der Waals surface area contributed by atoms with Gasteiger partial charge in [-0.2, -0.15) is 21.6 Å². The fraction of sp³-hybridized carbons (Fsp3) is 0.304. The zero-order chi connectivity index (χ0) is 27.9. The van der Waals surface area contributed by atoms with E-state index in [0.717, 1.165) is 33.9 Å². The molecule has 1 N–H and O–H groups in total. The summed E-state index contributed by atoms with van der Waals surface area (Å²) < 4.78 is 94.6. The number of rotatable bonds is 8. The Balaban J connectivity index is 1.59. The number of benzene rings is 2. The molecule has 1 aromatic heterocycles. The average Bonchev–Trinajstić information content (AvgIpc) is 3.34. The van der Waals surface area contributed by atoms with E-state index in [0.29, 0.717) is 19.6 Å². The number of sulfonamides is 1. The molecule has 0 spiro atoms. The number of alkyl halides is 3. The molecule has 0 aliphatic carbocycles. The lowest BCUT2D eigenvalue weighted by atomic mass is 9.90. The molecule has 15 heteroatoms. The van der Waals surface area contributed by atoms with Gasteiger partial charge in [0.25, 0.3) is 0 Å². The lowest BCUT2D eigenvalue weighted by Crippen LogP contribution is -2.63. The molecule has 0 amide bonds. The van der Waals surface area contributed by atoms with Crippen LogP contribution in [0, 0.1) is 18.6 Å². The van der Waals surface area contributed by atoms with Crippen molar-refractivity contribution in [1.82, 2.24) is 9.88 Å². The van der Waals surface area contributed by atoms with E-state index >= 15 is 8.78 Å². The van der Waals surface area contributed by atoms with Gasteiger partial charge in [0.1, 0.15) is 5.82 Å². The van der Waals surface area contributed by atoms with Gasteiger partial charge in [-0.3, -0.25) is 4.90 Å². The molecule has 2 heterocycles. The Morgan fingerprint density at radius 1 is 1.24 bits per heavy atom. The summed E-state index contributed by atoms with van der Waals surface area (Å²) in [6.45, 7) is 4.73. The molecule has 204 valence electrons. The van der Waals surface area contributed by atoms with Crippen molar-refractivity contribution in [1.29, 1.82) is 0 Å². The van der Waals surface area contributed by atoms with Crippen LogP contribution in [-0.2, 0) is 26.2 Å². The molecule has 0 saturated carbocycles. The number of nitrogens with one attached hydrogen (secondary N) is 1. The van der Waals surface area contributed by atoms with Gasteiger partial charge in [-0.1, -0.05) is 34.8 Å². The molecule has 0 unspecified atom stereocenters. The summed E-state index contributed by atoms with van der Waals surface area (Å²) in [6, 6.07) is 10.4. The predicted molar refractivity (Wildman–Crippen MR) is 129 cm³/mol. The third kappa shape index (κ3) is 5.59. The maximum absolute atomic E-state index is 15.4. The quantitative estimate of drug-likeness (QED) is 0.309. The van der Waals surface area contributed by atoms with Gasteiger partial charge < -0.3 is 10.2 Å². The highest BCUT2D eigenvalue weighted by atomic mass is 32.2. The van der Waals surface area contributed by atoms with Crippen LogP contribution in [0.4, 0.5) is 33.5 Å². The van der Waals surface area contributed by atoms with Crippen LogP contribution in [0.3, 0.4) is 0 Å². The van der Waals surface area contributed by atoms with E-state index in [1.54, 1.807) is 0 Å². The summed E-state index contributed by atoms with van der Waals surface area (Å²) in [6.07, 6.45) is -5.59. The van der Waals surface area contributed by atoms with Crippen molar-refractivity contribution in [3.63, 3.8) is 0 Å². The van der Waals surface area contributed by atoms with Crippen molar-refractivity contribution in [3.05, 3.63) is 70.1 Å². The van der Waals surface area contributed by atoms with Gasteiger partial charge in [-0.25, -0.2) is 18.6 Å². The molecule has 0 atom stereocenters. The van der Waals surface area contributed by atoms with Gasteiger partial charge in [0, 0.05) is 36.3 Å². The fourth-order valence-electron chi connectivity index (χ4n) is 4.08.